The number of carbonyl (C=O) groups excluding carboxylic acids is 1. The molecular weight excluding hydrogens is 286 g/mol. The fourth-order valence-electron chi connectivity index (χ4n) is 3.44. The van der Waals surface area contributed by atoms with E-state index < -0.39 is 0 Å². The van der Waals surface area contributed by atoms with E-state index in [1.165, 1.54) is 0 Å². The van der Waals surface area contributed by atoms with E-state index in [1.54, 1.807) is 0 Å². The number of hydrogen-bond donors (Lipinski definition) is 1. The summed E-state index contributed by atoms with van der Waals surface area (Å²) in [5.41, 5.74) is 1.36. The highest BCUT2D eigenvalue weighted by molar-refractivity contribution is 6.30. The zero-order valence-corrected chi connectivity index (χ0v) is 13.2. The smallest absolute Gasteiger partial charge is 0.224 e. The fourth-order valence-corrected chi connectivity index (χ4v) is 3.56. The maximum absolute atomic E-state index is 12.5. The molecule has 1 aliphatic heterocycles. The van der Waals surface area contributed by atoms with Crippen LogP contribution in [0.5, 0.6) is 0 Å². The lowest BCUT2D eigenvalue weighted by Crippen LogP contribution is -2.32. The molecule has 1 aromatic rings. The molecule has 0 radical (unpaired) electrons. The van der Waals surface area contributed by atoms with Crippen molar-refractivity contribution in [3.05, 3.63) is 34.9 Å². The summed E-state index contributed by atoms with van der Waals surface area (Å²) >= 11 is 5.92. The molecule has 1 aromatic carbocycles. The first-order chi connectivity index (χ1) is 10.1. The second-order valence-corrected chi connectivity index (χ2v) is 6.69. The van der Waals surface area contributed by atoms with Crippen molar-refractivity contribution in [2.24, 2.45) is 11.3 Å². The van der Waals surface area contributed by atoms with Crippen LogP contribution in [0.3, 0.4) is 0 Å². The SMILES string of the molecule is CC[C@@H](NC(=O)[C@H]1CC12CCOCC2)c1ccc(Cl)cc1. The summed E-state index contributed by atoms with van der Waals surface area (Å²) in [7, 11) is 0. The lowest BCUT2D eigenvalue weighted by atomic mass is 9.93. The van der Waals surface area contributed by atoms with Gasteiger partial charge in [0.15, 0.2) is 0 Å². The molecule has 0 unspecified atom stereocenters. The third-order valence-corrected chi connectivity index (χ3v) is 5.24. The quantitative estimate of drug-likeness (QED) is 0.920. The molecule has 1 saturated heterocycles. The summed E-state index contributed by atoms with van der Waals surface area (Å²) in [5, 5.41) is 3.94. The molecule has 3 rings (SSSR count). The monoisotopic (exact) mass is 307 g/mol. The largest absolute Gasteiger partial charge is 0.381 e. The number of halogens is 1. The van der Waals surface area contributed by atoms with E-state index in [1.807, 2.05) is 24.3 Å². The Hall–Kier alpha value is -1.06. The van der Waals surface area contributed by atoms with Gasteiger partial charge in [-0.2, -0.15) is 0 Å². The summed E-state index contributed by atoms with van der Waals surface area (Å²) in [5.74, 6) is 0.390. The van der Waals surface area contributed by atoms with E-state index in [4.69, 9.17) is 16.3 Å². The predicted molar refractivity (Wildman–Crippen MR) is 83.2 cm³/mol. The molecule has 3 nitrogen and oxygen atoms in total. The van der Waals surface area contributed by atoms with E-state index >= 15 is 0 Å². The van der Waals surface area contributed by atoms with Gasteiger partial charge in [-0.1, -0.05) is 30.7 Å². The highest BCUT2D eigenvalue weighted by Crippen LogP contribution is 2.59. The lowest BCUT2D eigenvalue weighted by Gasteiger charge is -2.24. The molecular formula is C17H22ClNO2. The summed E-state index contributed by atoms with van der Waals surface area (Å²) in [6.45, 7) is 3.70. The molecule has 4 heteroatoms. The van der Waals surface area contributed by atoms with E-state index in [2.05, 4.69) is 12.2 Å². The molecule has 2 aliphatic rings. The fraction of sp³-hybridized carbons (Fsp3) is 0.588. The minimum absolute atomic E-state index is 0.0762. The number of hydrogen-bond acceptors (Lipinski definition) is 2. The van der Waals surface area contributed by atoms with Gasteiger partial charge in [-0.3, -0.25) is 4.79 Å². The maximum atomic E-state index is 12.5. The van der Waals surface area contributed by atoms with Crippen LogP contribution in [0.4, 0.5) is 0 Å². The average Bonchev–Trinajstić information content (AvgIpc) is 3.20. The second kappa shape index (κ2) is 5.98. The number of nitrogens with one attached hydrogen (secondary N) is 1. The molecule has 1 N–H and O–H groups in total. The van der Waals surface area contributed by atoms with Gasteiger partial charge in [-0.15, -0.1) is 0 Å². The molecule has 21 heavy (non-hydrogen) atoms. The van der Waals surface area contributed by atoms with Gasteiger partial charge in [-0.05, 0) is 48.8 Å². The number of rotatable bonds is 4. The zero-order chi connectivity index (χ0) is 14.9. The first-order valence-corrected chi connectivity index (χ1v) is 8.16. The number of carbonyl (C=O) groups is 1. The van der Waals surface area contributed by atoms with E-state index in [-0.39, 0.29) is 23.3 Å². The van der Waals surface area contributed by atoms with Crippen molar-refractivity contribution < 1.29 is 9.53 Å². The molecule has 1 heterocycles. The van der Waals surface area contributed by atoms with E-state index in [0.717, 1.165) is 49.5 Å². The average molecular weight is 308 g/mol. The maximum Gasteiger partial charge on any atom is 0.224 e. The van der Waals surface area contributed by atoms with Crippen molar-refractivity contribution in [1.29, 1.82) is 0 Å². The Morgan fingerprint density at radius 2 is 2.05 bits per heavy atom. The Bertz CT molecular complexity index is 508. The molecule has 2 fully saturated rings. The first-order valence-electron chi connectivity index (χ1n) is 7.78. The number of ether oxygens (including phenoxy) is 1. The standard InChI is InChI=1S/C17H22ClNO2/c1-2-15(12-3-5-13(18)6-4-12)19-16(20)14-11-17(14)7-9-21-10-8-17/h3-6,14-15H,2,7-11H2,1H3,(H,19,20)/t14-,15-/m1/s1. The van der Waals surface area contributed by atoms with Crippen molar-refractivity contribution in [3.63, 3.8) is 0 Å². The Labute approximate surface area is 131 Å². The minimum Gasteiger partial charge on any atom is -0.381 e. The van der Waals surface area contributed by atoms with Crippen LogP contribution >= 0.6 is 11.6 Å². The van der Waals surface area contributed by atoms with Crippen LogP contribution in [0.1, 0.15) is 44.2 Å². The molecule has 0 bridgehead atoms. The number of amides is 1. The summed E-state index contributed by atoms with van der Waals surface area (Å²) in [6, 6.07) is 7.82. The van der Waals surface area contributed by atoms with Crippen molar-refractivity contribution >= 4 is 17.5 Å². The van der Waals surface area contributed by atoms with E-state index in [9.17, 15) is 4.79 Å². The Morgan fingerprint density at radius 3 is 2.67 bits per heavy atom. The van der Waals surface area contributed by atoms with Gasteiger partial charge in [0.05, 0.1) is 6.04 Å². The van der Waals surface area contributed by atoms with Crippen LogP contribution in [0.25, 0.3) is 0 Å². The van der Waals surface area contributed by atoms with Gasteiger partial charge >= 0.3 is 0 Å². The van der Waals surface area contributed by atoms with Crippen molar-refractivity contribution in [2.45, 2.75) is 38.6 Å². The molecule has 2 atom stereocenters. The topological polar surface area (TPSA) is 38.3 Å². The first kappa shape index (κ1) is 14.9. The van der Waals surface area contributed by atoms with Gasteiger partial charge in [0, 0.05) is 24.2 Å². The summed E-state index contributed by atoms with van der Waals surface area (Å²) in [6.07, 6.45) is 3.97. The van der Waals surface area contributed by atoms with Gasteiger partial charge in [0.2, 0.25) is 5.91 Å². The van der Waals surface area contributed by atoms with Crippen LogP contribution in [-0.4, -0.2) is 19.1 Å². The lowest BCUT2D eigenvalue weighted by molar-refractivity contribution is -0.124. The predicted octanol–water partition coefficient (Wildman–Crippen LogP) is 3.72. The van der Waals surface area contributed by atoms with Crippen LogP contribution in [0.15, 0.2) is 24.3 Å². The third kappa shape index (κ3) is 3.09. The van der Waals surface area contributed by atoms with Gasteiger partial charge in [0.25, 0.3) is 0 Å². The molecule has 0 aromatic heterocycles. The molecule has 1 spiro atoms. The van der Waals surface area contributed by atoms with Crippen LogP contribution < -0.4 is 5.32 Å². The van der Waals surface area contributed by atoms with Crippen LogP contribution in [0, 0.1) is 11.3 Å². The summed E-state index contributed by atoms with van der Waals surface area (Å²) in [4.78, 5) is 12.5. The molecule has 1 aliphatic carbocycles. The highest BCUT2D eigenvalue weighted by atomic mass is 35.5. The number of benzene rings is 1. The minimum atomic E-state index is 0.0762. The Balaban J connectivity index is 1.62. The third-order valence-electron chi connectivity index (χ3n) is 4.99. The van der Waals surface area contributed by atoms with E-state index in [0.29, 0.717) is 0 Å². The Morgan fingerprint density at radius 1 is 1.38 bits per heavy atom. The molecule has 1 saturated carbocycles. The Kier molecular flexibility index (Phi) is 4.23. The van der Waals surface area contributed by atoms with Crippen LogP contribution in [0.2, 0.25) is 5.02 Å². The van der Waals surface area contributed by atoms with Crippen LogP contribution in [-0.2, 0) is 9.53 Å². The van der Waals surface area contributed by atoms with Gasteiger partial charge in [0.1, 0.15) is 0 Å². The zero-order valence-electron chi connectivity index (χ0n) is 12.4. The van der Waals surface area contributed by atoms with Gasteiger partial charge < -0.3 is 10.1 Å². The van der Waals surface area contributed by atoms with Crippen molar-refractivity contribution in [1.82, 2.24) is 5.32 Å². The summed E-state index contributed by atoms with van der Waals surface area (Å²) < 4.78 is 5.41. The van der Waals surface area contributed by atoms with Crippen molar-refractivity contribution in [3.8, 4) is 0 Å². The normalized spacial score (nSPS) is 24.6. The second-order valence-electron chi connectivity index (χ2n) is 6.25. The van der Waals surface area contributed by atoms with Crippen molar-refractivity contribution in [2.75, 3.05) is 13.2 Å². The van der Waals surface area contributed by atoms with Gasteiger partial charge in [-0.25, -0.2) is 0 Å². The highest BCUT2D eigenvalue weighted by Gasteiger charge is 2.58. The molecule has 114 valence electrons. The molecule has 1 amide bonds.